The molecule has 6 heteroatoms. The summed E-state index contributed by atoms with van der Waals surface area (Å²) in [5.41, 5.74) is 2.95. The highest BCUT2D eigenvalue weighted by molar-refractivity contribution is 5.89. The van der Waals surface area contributed by atoms with Crippen LogP contribution in [-0.2, 0) is 9.47 Å². The number of nitrogens with zero attached hydrogens (tertiary/aromatic N) is 1. The lowest BCUT2D eigenvalue weighted by Gasteiger charge is -2.31. The number of hydrogen-bond acceptors (Lipinski definition) is 4. The van der Waals surface area contributed by atoms with Gasteiger partial charge >= 0.3 is 6.09 Å². The van der Waals surface area contributed by atoms with Gasteiger partial charge < -0.3 is 14.4 Å². The minimum absolute atomic E-state index is 0.269. The molecule has 1 fully saturated rings. The van der Waals surface area contributed by atoms with E-state index in [4.69, 9.17) is 9.47 Å². The molecule has 1 amide bonds. The molecule has 2 aromatic carbocycles. The van der Waals surface area contributed by atoms with Crippen LogP contribution in [0.2, 0.25) is 0 Å². The molecule has 0 aromatic heterocycles. The van der Waals surface area contributed by atoms with Crippen LogP contribution in [0.4, 0.5) is 20.6 Å². The van der Waals surface area contributed by atoms with Gasteiger partial charge in [0.2, 0.25) is 0 Å². The zero-order valence-electron chi connectivity index (χ0n) is 15.9. The number of nitrogens with one attached hydrogen (secondary N) is 1. The normalized spacial score (nSPS) is 14.7. The van der Waals surface area contributed by atoms with Gasteiger partial charge in [-0.2, -0.15) is 0 Å². The quantitative estimate of drug-likeness (QED) is 0.850. The van der Waals surface area contributed by atoms with Crippen LogP contribution in [0.3, 0.4) is 0 Å². The third-order valence-electron chi connectivity index (χ3n) is 4.15. The van der Waals surface area contributed by atoms with Crippen molar-refractivity contribution in [2.45, 2.75) is 26.4 Å². The SMILES string of the molecule is CC(C)(C)OC(=O)Nc1ccc(-c2ccc(F)cc2)c(N2CCOCC2)c1. The number of amides is 1. The summed E-state index contributed by atoms with van der Waals surface area (Å²) in [5.74, 6) is -0.269. The fourth-order valence-corrected chi connectivity index (χ4v) is 2.97. The van der Waals surface area contributed by atoms with Crippen molar-refractivity contribution in [1.29, 1.82) is 0 Å². The van der Waals surface area contributed by atoms with Gasteiger partial charge in [0.05, 0.1) is 13.2 Å². The van der Waals surface area contributed by atoms with Crippen LogP contribution in [-0.4, -0.2) is 38.0 Å². The summed E-state index contributed by atoms with van der Waals surface area (Å²) in [6.45, 7) is 8.27. The fraction of sp³-hybridized carbons (Fsp3) is 0.381. The molecule has 0 spiro atoms. The Hall–Kier alpha value is -2.60. The highest BCUT2D eigenvalue weighted by Crippen LogP contribution is 2.34. The Morgan fingerprint density at radius 2 is 1.78 bits per heavy atom. The Bertz CT molecular complexity index is 794. The average Bonchev–Trinajstić information content (AvgIpc) is 2.61. The Labute approximate surface area is 159 Å². The summed E-state index contributed by atoms with van der Waals surface area (Å²) >= 11 is 0. The smallest absolute Gasteiger partial charge is 0.412 e. The Balaban J connectivity index is 1.91. The van der Waals surface area contributed by atoms with Crippen molar-refractivity contribution in [3.63, 3.8) is 0 Å². The second kappa shape index (κ2) is 7.96. The zero-order chi connectivity index (χ0) is 19.4. The number of rotatable bonds is 3. The topological polar surface area (TPSA) is 50.8 Å². The van der Waals surface area contributed by atoms with Crippen molar-refractivity contribution in [2.24, 2.45) is 0 Å². The van der Waals surface area contributed by atoms with Crippen molar-refractivity contribution in [2.75, 3.05) is 36.5 Å². The number of hydrogen-bond donors (Lipinski definition) is 1. The number of anilines is 2. The first-order valence-corrected chi connectivity index (χ1v) is 9.04. The summed E-state index contributed by atoms with van der Waals surface area (Å²) in [6, 6.07) is 12.1. The Morgan fingerprint density at radius 3 is 2.41 bits per heavy atom. The van der Waals surface area contributed by atoms with Gasteiger partial charge in [-0.3, -0.25) is 5.32 Å². The molecule has 1 heterocycles. The van der Waals surface area contributed by atoms with Crippen LogP contribution in [0, 0.1) is 5.82 Å². The molecule has 1 aliphatic rings. The van der Waals surface area contributed by atoms with E-state index in [0.717, 1.165) is 29.9 Å². The molecule has 2 aromatic rings. The van der Waals surface area contributed by atoms with E-state index in [1.807, 2.05) is 39.0 Å². The predicted molar refractivity (Wildman–Crippen MR) is 105 cm³/mol. The maximum Gasteiger partial charge on any atom is 0.412 e. The fourth-order valence-electron chi connectivity index (χ4n) is 2.97. The molecular formula is C21H25FN2O3. The van der Waals surface area contributed by atoms with Gasteiger partial charge in [-0.25, -0.2) is 9.18 Å². The summed E-state index contributed by atoms with van der Waals surface area (Å²) < 4.78 is 24.1. The highest BCUT2D eigenvalue weighted by atomic mass is 19.1. The minimum Gasteiger partial charge on any atom is -0.444 e. The lowest BCUT2D eigenvalue weighted by molar-refractivity contribution is 0.0636. The molecule has 1 saturated heterocycles. The second-order valence-electron chi connectivity index (χ2n) is 7.47. The van der Waals surface area contributed by atoms with E-state index in [2.05, 4.69) is 10.2 Å². The second-order valence-corrected chi connectivity index (χ2v) is 7.47. The van der Waals surface area contributed by atoms with E-state index in [9.17, 15) is 9.18 Å². The maximum atomic E-state index is 13.3. The molecule has 0 radical (unpaired) electrons. The molecule has 144 valence electrons. The summed E-state index contributed by atoms with van der Waals surface area (Å²) in [4.78, 5) is 14.3. The van der Waals surface area contributed by atoms with Crippen molar-refractivity contribution < 1.29 is 18.7 Å². The van der Waals surface area contributed by atoms with E-state index in [0.29, 0.717) is 18.9 Å². The number of carbonyl (C=O) groups is 1. The first-order valence-electron chi connectivity index (χ1n) is 9.04. The Morgan fingerprint density at radius 1 is 1.11 bits per heavy atom. The third kappa shape index (κ3) is 5.20. The van der Waals surface area contributed by atoms with Crippen LogP contribution in [0.25, 0.3) is 11.1 Å². The lowest BCUT2D eigenvalue weighted by Crippen LogP contribution is -2.36. The molecule has 0 aliphatic carbocycles. The lowest BCUT2D eigenvalue weighted by atomic mass is 10.0. The number of ether oxygens (including phenoxy) is 2. The monoisotopic (exact) mass is 372 g/mol. The van der Waals surface area contributed by atoms with Gasteiger partial charge in [0.15, 0.2) is 0 Å². The summed E-state index contributed by atoms with van der Waals surface area (Å²) in [5, 5.41) is 2.79. The first kappa shape index (κ1) is 19.2. The molecular weight excluding hydrogens is 347 g/mol. The summed E-state index contributed by atoms with van der Waals surface area (Å²) in [7, 11) is 0. The molecule has 0 atom stereocenters. The van der Waals surface area contributed by atoms with Crippen LogP contribution >= 0.6 is 0 Å². The molecule has 0 saturated carbocycles. The number of halogens is 1. The average molecular weight is 372 g/mol. The molecule has 5 nitrogen and oxygen atoms in total. The van der Waals surface area contributed by atoms with Gasteiger partial charge in [0, 0.05) is 30.0 Å². The third-order valence-corrected chi connectivity index (χ3v) is 4.15. The van der Waals surface area contributed by atoms with Crippen molar-refractivity contribution in [1.82, 2.24) is 0 Å². The number of morpholine rings is 1. The first-order chi connectivity index (χ1) is 12.8. The van der Waals surface area contributed by atoms with E-state index in [1.165, 1.54) is 12.1 Å². The van der Waals surface area contributed by atoms with Crippen LogP contribution in [0.1, 0.15) is 20.8 Å². The largest absolute Gasteiger partial charge is 0.444 e. The van der Waals surface area contributed by atoms with Gasteiger partial charge in [0.25, 0.3) is 0 Å². The molecule has 0 unspecified atom stereocenters. The Kier molecular flexibility index (Phi) is 5.65. The van der Waals surface area contributed by atoms with Crippen LogP contribution < -0.4 is 10.2 Å². The number of benzene rings is 2. The predicted octanol–water partition coefficient (Wildman–Crippen LogP) is 4.68. The van der Waals surface area contributed by atoms with E-state index >= 15 is 0 Å². The minimum atomic E-state index is -0.564. The summed E-state index contributed by atoms with van der Waals surface area (Å²) in [6.07, 6.45) is -0.495. The van der Waals surface area contributed by atoms with Gasteiger partial charge in [-0.15, -0.1) is 0 Å². The van der Waals surface area contributed by atoms with E-state index in [-0.39, 0.29) is 5.82 Å². The van der Waals surface area contributed by atoms with E-state index < -0.39 is 11.7 Å². The van der Waals surface area contributed by atoms with Crippen molar-refractivity contribution in [3.8, 4) is 11.1 Å². The van der Waals surface area contributed by atoms with Gasteiger partial charge in [0.1, 0.15) is 11.4 Å². The van der Waals surface area contributed by atoms with Crippen molar-refractivity contribution >= 4 is 17.5 Å². The van der Waals surface area contributed by atoms with Crippen molar-refractivity contribution in [3.05, 3.63) is 48.3 Å². The molecule has 0 bridgehead atoms. The van der Waals surface area contributed by atoms with Crippen LogP contribution in [0.5, 0.6) is 0 Å². The number of carbonyl (C=O) groups excluding carboxylic acids is 1. The van der Waals surface area contributed by atoms with Gasteiger partial charge in [-0.05, 0) is 50.6 Å². The zero-order valence-corrected chi connectivity index (χ0v) is 15.9. The standard InChI is InChI=1S/C21H25FN2O3/c1-21(2,3)27-20(25)23-17-8-9-18(15-4-6-16(22)7-5-15)19(14-17)24-10-12-26-13-11-24/h4-9,14H,10-13H2,1-3H3,(H,23,25). The molecule has 1 aliphatic heterocycles. The maximum absolute atomic E-state index is 13.3. The van der Waals surface area contributed by atoms with Gasteiger partial charge in [-0.1, -0.05) is 18.2 Å². The molecule has 1 N–H and O–H groups in total. The molecule has 27 heavy (non-hydrogen) atoms. The van der Waals surface area contributed by atoms with Crippen LogP contribution in [0.15, 0.2) is 42.5 Å². The van der Waals surface area contributed by atoms with E-state index in [1.54, 1.807) is 12.1 Å². The molecule has 3 rings (SSSR count). The highest BCUT2D eigenvalue weighted by Gasteiger charge is 2.19.